The van der Waals surface area contributed by atoms with Gasteiger partial charge in [-0.05, 0) is 56.7 Å². The number of carbonyl (C=O) groups is 1. The Morgan fingerprint density at radius 1 is 1.09 bits per heavy atom. The van der Waals surface area contributed by atoms with Crippen molar-refractivity contribution in [1.82, 2.24) is 9.80 Å². The molecule has 1 atom stereocenters. The highest BCUT2D eigenvalue weighted by Crippen LogP contribution is 2.34. The lowest BCUT2D eigenvalue weighted by Gasteiger charge is -2.28. The molecule has 1 unspecified atom stereocenters. The zero-order valence-electron chi connectivity index (χ0n) is 19.3. The number of ether oxygens (including phenoxy) is 2. The predicted molar refractivity (Wildman–Crippen MR) is 127 cm³/mol. The monoisotopic (exact) mass is 437 g/mol. The van der Waals surface area contributed by atoms with Gasteiger partial charge in [-0.3, -0.25) is 4.90 Å². The number of amides is 2. The van der Waals surface area contributed by atoms with E-state index in [9.17, 15) is 4.79 Å². The van der Waals surface area contributed by atoms with Crippen molar-refractivity contribution >= 4 is 11.7 Å². The molecule has 4 rings (SSSR count). The molecule has 6 nitrogen and oxygen atoms in total. The summed E-state index contributed by atoms with van der Waals surface area (Å²) in [5.41, 5.74) is 2.05. The van der Waals surface area contributed by atoms with Crippen LogP contribution in [-0.2, 0) is 6.54 Å². The summed E-state index contributed by atoms with van der Waals surface area (Å²) in [6.45, 7) is 5.55. The Balaban J connectivity index is 1.37. The molecule has 2 aromatic rings. The lowest BCUT2D eigenvalue weighted by atomic mass is 10.2. The maximum Gasteiger partial charge on any atom is 0.322 e. The molecule has 2 aromatic carbocycles. The number of urea groups is 1. The van der Waals surface area contributed by atoms with Crippen molar-refractivity contribution < 1.29 is 14.3 Å². The van der Waals surface area contributed by atoms with Crippen molar-refractivity contribution in [2.45, 2.75) is 57.7 Å². The van der Waals surface area contributed by atoms with Crippen LogP contribution in [0.4, 0.5) is 10.5 Å². The minimum absolute atomic E-state index is 0.0592. The molecule has 2 fully saturated rings. The zero-order chi connectivity index (χ0) is 22.3. The topological polar surface area (TPSA) is 54.0 Å². The Morgan fingerprint density at radius 2 is 1.88 bits per heavy atom. The van der Waals surface area contributed by atoms with Crippen molar-refractivity contribution in [2.75, 3.05) is 32.1 Å². The minimum Gasteiger partial charge on any atom is -0.493 e. The van der Waals surface area contributed by atoms with Gasteiger partial charge in [0.05, 0.1) is 13.2 Å². The molecule has 1 N–H and O–H groups in total. The molecule has 1 saturated heterocycles. The van der Waals surface area contributed by atoms with E-state index in [2.05, 4.69) is 34.5 Å². The zero-order valence-corrected chi connectivity index (χ0v) is 19.3. The van der Waals surface area contributed by atoms with Gasteiger partial charge in [0.25, 0.3) is 0 Å². The molecule has 1 aliphatic carbocycles. The van der Waals surface area contributed by atoms with E-state index < -0.39 is 0 Å². The third-order valence-electron chi connectivity index (χ3n) is 6.55. The van der Waals surface area contributed by atoms with Crippen LogP contribution in [0.15, 0.2) is 48.5 Å². The molecular formula is C26H35N3O3. The summed E-state index contributed by atoms with van der Waals surface area (Å²) in [4.78, 5) is 17.5. The van der Waals surface area contributed by atoms with Crippen LogP contribution in [0.5, 0.6) is 11.5 Å². The largest absolute Gasteiger partial charge is 0.493 e. The summed E-state index contributed by atoms with van der Waals surface area (Å²) >= 11 is 0. The van der Waals surface area contributed by atoms with Crippen LogP contribution in [0.25, 0.3) is 0 Å². The maximum absolute atomic E-state index is 13.1. The van der Waals surface area contributed by atoms with E-state index in [1.165, 1.54) is 18.4 Å². The van der Waals surface area contributed by atoms with Crippen molar-refractivity contribution in [2.24, 2.45) is 0 Å². The average molecular weight is 438 g/mol. The van der Waals surface area contributed by atoms with Gasteiger partial charge in [0, 0.05) is 44.0 Å². The fourth-order valence-electron chi connectivity index (χ4n) is 4.85. The van der Waals surface area contributed by atoms with E-state index in [0.717, 1.165) is 44.6 Å². The Hall–Kier alpha value is -2.73. The lowest BCUT2D eigenvalue weighted by Crippen LogP contribution is -2.44. The molecule has 1 saturated carbocycles. The fourth-order valence-corrected chi connectivity index (χ4v) is 4.85. The van der Waals surface area contributed by atoms with Crippen LogP contribution in [-0.4, -0.2) is 54.7 Å². The summed E-state index contributed by atoms with van der Waals surface area (Å²) in [5.74, 6) is 1.41. The first kappa shape index (κ1) is 22.5. The second-order valence-corrected chi connectivity index (χ2v) is 8.77. The molecule has 1 heterocycles. The highest BCUT2D eigenvalue weighted by atomic mass is 16.5. The van der Waals surface area contributed by atoms with Crippen LogP contribution in [0.1, 0.15) is 44.6 Å². The fraction of sp³-hybridized carbons (Fsp3) is 0.500. The molecule has 6 heteroatoms. The smallest absolute Gasteiger partial charge is 0.322 e. The number of hydrogen-bond donors (Lipinski definition) is 1. The first-order chi connectivity index (χ1) is 15.7. The van der Waals surface area contributed by atoms with Crippen molar-refractivity contribution in [3.05, 3.63) is 54.1 Å². The Kier molecular flexibility index (Phi) is 7.53. The number of nitrogens with zero attached hydrogens (tertiary/aromatic N) is 2. The first-order valence-electron chi connectivity index (χ1n) is 11.8. The Labute approximate surface area is 191 Å². The number of likely N-dealkylation sites (N-methyl/N-ethyl adjacent to an activating group) is 1. The highest BCUT2D eigenvalue weighted by Gasteiger charge is 2.30. The van der Waals surface area contributed by atoms with Crippen molar-refractivity contribution in [1.29, 1.82) is 0 Å². The summed E-state index contributed by atoms with van der Waals surface area (Å²) < 4.78 is 11.7. The third-order valence-corrected chi connectivity index (χ3v) is 6.55. The van der Waals surface area contributed by atoms with Crippen molar-refractivity contribution in [3.8, 4) is 11.5 Å². The molecule has 0 radical (unpaired) electrons. The van der Waals surface area contributed by atoms with Gasteiger partial charge in [-0.1, -0.05) is 30.3 Å². The van der Waals surface area contributed by atoms with E-state index in [1.54, 1.807) is 7.11 Å². The number of nitrogens with one attached hydrogen (secondary N) is 1. The molecule has 2 amide bonds. The second-order valence-electron chi connectivity index (χ2n) is 8.77. The molecule has 1 aliphatic heterocycles. The quantitative estimate of drug-likeness (QED) is 0.621. The van der Waals surface area contributed by atoms with Crippen LogP contribution < -0.4 is 14.8 Å². The first-order valence-corrected chi connectivity index (χ1v) is 11.8. The van der Waals surface area contributed by atoms with E-state index >= 15 is 0 Å². The normalized spacial score (nSPS) is 19.1. The van der Waals surface area contributed by atoms with Crippen LogP contribution >= 0.6 is 0 Å². The summed E-state index contributed by atoms with van der Waals surface area (Å²) in [7, 11) is 1.65. The van der Waals surface area contributed by atoms with Gasteiger partial charge < -0.3 is 19.7 Å². The van der Waals surface area contributed by atoms with E-state index in [-0.39, 0.29) is 18.2 Å². The number of benzene rings is 2. The third kappa shape index (κ3) is 5.54. The highest BCUT2D eigenvalue weighted by molar-refractivity contribution is 5.90. The predicted octanol–water partition coefficient (Wildman–Crippen LogP) is 5.14. The van der Waals surface area contributed by atoms with Crippen LogP contribution in [0.2, 0.25) is 0 Å². The standard InChI is InChI=1S/C26H35N3O3/c1-3-29(22-15-16-28(19-22)18-20-9-5-4-6-10-20)26(30)27-21-13-14-24(31-2)25(17-21)32-23-11-7-8-12-23/h4-6,9-10,13-14,17,22-23H,3,7-8,11-12,15-16,18-19H2,1-2H3,(H,27,30). The van der Waals surface area contributed by atoms with Gasteiger partial charge >= 0.3 is 6.03 Å². The molecule has 2 aliphatic rings. The van der Waals surface area contributed by atoms with Crippen LogP contribution in [0.3, 0.4) is 0 Å². The van der Waals surface area contributed by atoms with Gasteiger partial charge in [0.1, 0.15) is 0 Å². The Bertz CT molecular complexity index is 883. The number of anilines is 1. The van der Waals surface area contributed by atoms with E-state index in [1.807, 2.05) is 36.1 Å². The van der Waals surface area contributed by atoms with E-state index in [4.69, 9.17) is 9.47 Å². The summed E-state index contributed by atoms with van der Waals surface area (Å²) in [5, 5.41) is 3.08. The number of rotatable bonds is 8. The van der Waals surface area contributed by atoms with Gasteiger partial charge in [0.2, 0.25) is 0 Å². The number of methoxy groups -OCH3 is 1. The molecule has 32 heavy (non-hydrogen) atoms. The summed E-state index contributed by atoms with van der Waals surface area (Å²) in [6, 6.07) is 16.3. The minimum atomic E-state index is -0.0592. The average Bonchev–Trinajstić information content (AvgIpc) is 3.48. The SMILES string of the molecule is CCN(C(=O)Nc1ccc(OC)c(OC2CCCC2)c1)C1CCN(Cc2ccccc2)C1. The summed E-state index contributed by atoms with van der Waals surface area (Å²) in [6.07, 6.45) is 5.78. The maximum atomic E-state index is 13.1. The second kappa shape index (κ2) is 10.7. The molecule has 0 aromatic heterocycles. The number of hydrogen-bond acceptors (Lipinski definition) is 4. The lowest BCUT2D eigenvalue weighted by molar-refractivity contribution is 0.189. The number of carbonyl (C=O) groups excluding carboxylic acids is 1. The van der Waals surface area contributed by atoms with Gasteiger partial charge in [-0.25, -0.2) is 4.79 Å². The van der Waals surface area contributed by atoms with Crippen LogP contribution in [0, 0.1) is 0 Å². The molecule has 172 valence electrons. The molecule has 0 spiro atoms. The molecular weight excluding hydrogens is 402 g/mol. The van der Waals surface area contributed by atoms with Gasteiger partial charge in [-0.15, -0.1) is 0 Å². The molecule has 0 bridgehead atoms. The van der Waals surface area contributed by atoms with Crippen molar-refractivity contribution in [3.63, 3.8) is 0 Å². The van der Waals surface area contributed by atoms with E-state index in [0.29, 0.717) is 18.0 Å². The number of likely N-dealkylation sites (tertiary alicyclic amines) is 1. The Morgan fingerprint density at radius 3 is 2.59 bits per heavy atom. The van der Waals surface area contributed by atoms with Gasteiger partial charge in [-0.2, -0.15) is 0 Å². The van der Waals surface area contributed by atoms with Gasteiger partial charge in [0.15, 0.2) is 11.5 Å².